The molecule has 1 aliphatic rings. The van der Waals surface area contributed by atoms with Crippen LogP contribution >= 0.6 is 0 Å². The molecule has 11 heavy (non-hydrogen) atoms. The molecule has 1 aromatic carbocycles. The van der Waals surface area contributed by atoms with Crippen LogP contribution in [0.4, 0.5) is 5.69 Å². The van der Waals surface area contributed by atoms with E-state index in [-0.39, 0.29) is 0 Å². The van der Waals surface area contributed by atoms with Gasteiger partial charge >= 0.3 is 0 Å². The van der Waals surface area contributed by atoms with Crippen LogP contribution in [-0.4, -0.2) is 0 Å². The normalized spacial score (nSPS) is 12.0. The van der Waals surface area contributed by atoms with Gasteiger partial charge in [-0.1, -0.05) is 23.9 Å². The molecular formula is C8H6NORf-. The van der Waals surface area contributed by atoms with Crippen LogP contribution in [0.3, 0.4) is 0 Å². The van der Waals surface area contributed by atoms with Crippen LogP contribution in [0, 0.1) is 0 Å². The van der Waals surface area contributed by atoms with E-state index in [4.69, 9.17) is 4.74 Å². The second-order valence-corrected chi connectivity index (χ2v) is 2.00. The molecule has 0 unspecified atom stereocenters. The van der Waals surface area contributed by atoms with Gasteiger partial charge in [-0.3, -0.25) is 0 Å². The number of ether oxygens (including phenoxy) is 1. The second-order valence-electron chi connectivity index (χ2n) is 2.00. The summed E-state index contributed by atoms with van der Waals surface area (Å²) in [5, 5.41) is 4.09. The minimum absolute atomic E-state index is 0. The Morgan fingerprint density at radius 1 is 1.18 bits per heavy atom. The molecule has 1 heterocycles. The van der Waals surface area contributed by atoms with Crippen molar-refractivity contribution in [2.75, 3.05) is 0 Å². The molecule has 0 aromatic heterocycles. The third-order valence-corrected chi connectivity index (χ3v) is 1.33. The van der Waals surface area contributed by atoms with E-state index in [2.05, 4.69) is 5.32 Å². The number of hydrogen-bond donors (Lipinski definition) is 0. The average molecular weight is 399 g/mol. The third-order valence-electron chi connectivity index (χ3n) is 1.33. The van der Waals surface area contributed by atoms with Crippen LogP contribution in [0.5, 0.6) is 5.75 Å². The second kappa shape index (κ2) is 2.43. The summed E-state index contributed by atoms with van der Waals surface area (Å²) in [4.78, 5) is 0. The molecule has 0 saturated carbocycles. The molecule has 0 fully saturated rings. The van der Waals surface area contributed by atoms with Crippen molar-refractivity contribution in [2.45, 2.75) is 0 Å². The fourth-order valence-corrected chi connectivity index (χ4v) is 0.878. The molecule has 0 atom stereocenters. The van der Waals surface area contributed by atoms with Gasteiger partial charge in [-0.2, -0.15) is 0 Å². The van der Waals surface area contributed by atoms with Gasteiger partial charge in [0, 0.05) is 0 Å². The Kier molecular flexibility index (Phi) is 1.48. The summed E-state index contributed by atoms with van der Waals surface area (Å²) in [6.07, 6.45) is 3.21. The minimum atomic E-state index is 0. The van der Waals surface area contributed by atoms with E-state index in [1.54, 1.807) is 12.5 Å². The Balaban J connectivity index is 0.000000605. The molecule has 0 saturated heterocycles. The SMILES string of the molecule is C1=COc2ccccc2[N-]1.[Rf]. The molecule has 2 rings (SSSR count). The molecule has 0 spiro atoms. The summed E-state index contributed by atoms with van der Waals surface area (Å²) in [6.45, 7) is 0. The summed E-state index contributed by atoms with van der Waals surface area (Å²) in [7, 11) is 0. The van der Waals surface area contributed by atoms with Crippen LogP contribution < -0.4 is 4.74 Å². The van der Waals surface area contributed by atoms with Gasteiger partial charge in [0.25, 0.3) is 0 Å². The number of hydrogen-bond acceptors (Lipinski definition) is 1. The number of para-hydroxylation sites is 2. The largest absolute Gasteiger partial charge is 0.659 e. The predicted molar refractivity (Wildman–Crippen MR) is 39.2 cm³/mol. The van der Waals surface area contributed by atoms with Gasteiger partial charge in [-0.05, 0) is 6.07 Å². The predicted octanol–water partition coefficient (Wildman–Crippen LogP) is 2.56. The van der Waals surface area contributed by atoms with E-state index in [1.165, 1.54) is 0 Å². The quantitative estimate of drug-likeness (QED) is 0.658. The molecule has 1 aromatic rings. The van der Waals surface area contributed by atoms with Crippen molar-refractivity contribution in [1.29, 1.82) is 0 Å². The first-order valence-electron chi connectivity index (χ1n) is 3.08. The third kappa shape index (κ3) is 0.965. The first-order chi connectivity index (χ1) is 4.97. The molecule has 0 aliphatic carbocycles. The smallest absolute Gasteiger partial charge is 0.111 e. The Morgan fingerprint density at radius 3 is 2.82 bits per heavy atom. The Morgan fingerprint density at radius 2 is 2.00 bits per heavy atom. The standard InChI is InChI=1S/C8H6NO.Rf/c1-2-4-8-7(3-1)9-5-6-10-8;/h1-6H;/q-1;. The fraction of sp³-hybridized carbons (Fsp3) is 0. The van der Waals surface area contributed by atoms with Crippen molar-refractivity contribution >= 4 is 5.69 Å². The van der Waals surface area contributed by atoms with E-state index >= 15 is 0 Å². The first kappa shape index (κ1) is 6.68. The summed E-state index contributed by atoms with van der Waals surface area (Å²) >= 11 is 0. The van der Waals surface area contributed by atoms with Gasteiger partial charge in [-0.15, -0.1) is 6.20 Å². The van der Waals surface area contributed by atoms with E-state index in [0.29, 0.717) is 0 Å². The van der Waals surface area contributed by atoms with Gasteiger partial charge in [0.1, 0.15) is 5.75 Å². The maximum Gasteiger partial charge on any atom is 0.111 e. The van der Waals surface area contributed by atoms with Crippen molar-refractivity contribution in [3.8, 4) is 5.75 Å². The fourth-order valence-electron chi connectivity index (χ4n) is 0.878. The monoisotopic (exact) mass is 399 g/mol. The van der Waals surface area contributed by atoms with Crippen molar-refractivity contribution in [1.82, 2.24) is 0 Å². The van der Waals surface area contributed by atoms with Gasteiger partial charge in [0.15, 0.2) is 0 Å². The van der Waals surface area contributed by atoms with Crippen LogP contribution in [0.1, 0.15) is 0 Å². The van der Waals surface area contributed by atoms with Crippen LogP contribution in [0.15, 0.2) is 36.7 Å². The number of benzene rings is 1. The van der Waals surface area contributed by atoms with E-state index in [1.807, 2.05) is 24.3 Å². The molecule has 2 nitrogen and oxygen atoms in total. The zero-order valence-corrected chi connectivity index (χ0v) is 12.4. The van der Waals surface area contributed by atoms with E-state index in [9.17, 15) is 0 Å². The average Bonchev–Trinajstić information content (AvgIpc) is 2.05. The molecule has 0 amide bonds. The summed E-state index contributed by atoms with van der Waals surface area (Å²) in [6, 6.07) is 7.67. The maximum atomic E-state index is 5.15. The van der Waals surface area contributed by atoms with Crippen molar-refractivity contribution < 1.29 is 4.74 Å². The van der Waals surface area contributed by atoms with Gasteiger partial charge in [0.05, 0.1) is 6.26 Å². The Hall–Kier alpha value is -2.44. The minimum Gasteiger partial charge on any atom is -0.659 e. The summed E-state index contributed by atoms with van der Waals surface area (Å²) < 4.78 is 5.15. The molecule has 0 bridgehead atoms. The van der Waals surface area contributed by atoms with Crippen molar-refractivity contribution in [2.24, 2.45) is 0 Å². The van der Waals surface area contributed by atoms with Gasteiger partial charge in [0.2, 0.25) is 0 Å². The van der Waals surface area contributed by atoms with E-state index in [0.717, 1.165) is 11.4 Å². The summed E-state index contributed by atoms with van der Waals surface area (Å²) in [5.41, 5.74) is 0.894. The van der Waals surface area contributed by atoms with Crippen LogP contribution in [0.25, 0.3) is 5.32 Å². The van der Waals surface area contributed by atoms with E-state index < -0.39 is 0 Å². The molecule has 0 N–H and O–H groups in total. The zero-order chi connectivity index (χ0) is 6.81. The molecule has 3 heteroatoms. The molecule has 0 radical (unpaired) electrons. The van der Waals surface area contributed by atoms with Crippen molar-refractivity contribution in [3.63, 3.8) is 0 Å². The Labute approximate surface area is 59.1 Å². The van der Waals surface area contributed by atoms with Crippen LogP contribution in [0.2, 0.25) is 0 Å². The van der Waals surface area contributed by atoms with Gasteiger partial charge < -0.3 is 10.1 Å². The molecular weight excluding hydrogens is 393 g/mol. The van der Waals surface area contributed by atoms with Crippen LogP contribution in [-0.2, 0) is 0 Å². The number of nitrogens with zero attached hydrogens (tertiary/aromatic N) is 1. The first-order valence-corrected chi connectivity index (χ1v) is 3.08. The number of rotatable bonds is 0. The van der Waals surface area contributed by atoms with Gasteiger partial charge in [-0.25, -0.2) is 0 Å². The zero-order valence-electron chi connectivity index (χ0n) is 6.03. The Bertz CT molecular complexity index is 246. The molecule has 1 aliphatic heterocycles. The van der Waals surface area contributed by atoms with Crippen molar-refractivity contribution in [3.05, 3.63) is 42.0 Å². The topological polar surface area (TPSA) is 23.3 Å². The molecule has 52 valence electrons. The summed E-state index contributed by atoms with van der Waals surface area (Å²) in [5.74, 6) is 0.824. The maximum absolute atomic E-state index is 5.15. The number of fused-ring (bicyclic) bond motifs is 1.